The Kier molecular flexibility index (Phi) is 6.35. The predicted molar refractivity (Wildman–Crippen MR) is 152 cm³/mol. The van der Waals surface area contributed by atoms with Crippen LogP contribution in [0.25, 0.3) is 10.9 Å². The number of nitrogens with one attached hydrogen (secondary N) is 1. The zero-order chi connectivity index (χ0) is 27.5. The summed E-state index contributed by atoms with van der Waals surface area (Å²) in [5.41, 5.74) is 6.36. The summed E-state index contributed by atoms with van der Waals surface area (Å²) in [5.74, 6) is 1.17. The molecule has 8 nitrogen and oxygen atoms in total. The van der Waals surface area contributed by atoms with Crippen molar-refractivity contribution >= 4 is 22.8 Å². The molecule has 40 heavy (non-hydrogen) atoms. The molecule has 8 rings (SSSR count). The van der Waals surface area contributed by atoms with Gasteiger partial charge >= 0.3 is 0 Å². The van der Waals surface area contributed by atoms with E-state index in [9.17, 15) is 0 Å². The third kappa shape index (κ3) is 4.29. The van der Waals surface area contributed by atoms with Gasteiger partial charge in [0.1, 0.15) is 5.75 Å². The number of aryl methyl sites for hydroxylation is 1. The van der Waals surface area contributed by atoms with Gasteiger partial charge in [-0.3, -0.25) is 10.4 Å². The number of benzene rings is 2. The molecule has 5 aliphatic rings. The van der Waals surface area contributed by atoms with E-state index in [0.29, 0.717) is 11.8 Å². The number of fused-ring (bicyclic) bond motifs is 3. The summed E-state index contributed by atoms with van der Waals surface area (Å²) in [5, 5.41) is 5.51. The minimum absolute atomic E-state index is 0.116. The molecule has 3 aromatic rings. The molecule has 0 radical (unpaired) electrons. The largest absolute Gasteiger partial charge is 0.465 e. The van der Waals surface area contributed by atoms with Gasteiger partial charge in [0.2, 0.25) is 12.1 Å². The van der Waals surface area contributed by atoms with Crippen molar-refractivity contribution in [3.63, 3.8) is 0 Å². The Morgan fingerprint density at radius 2 is 1.85 bits per heavy atom. The van der Waals surface area contributed by atoms with Crippen molar-refractivity contribution in [3.8, 4) is 5.75 Å². The molecule has 2 aromatic carbocycles. The number of anilines is 1. The second kappa shape index (κ2) is 9.80. The van der Waals surface area contributed by atoms with E-state index in [0.717, 1.165) is 59.3 Å². The van der Waals surface area contributed by atoms with Crippen LogP contribution in [0.2, 0.25) is 0 Å². The second-order valence-corrected chi connectivity index (χ2v) is 12.2. The van der Waals surface area contributed by atoms with Crippen LogP contribution < -0.4 is 10.2 Å². The van der Waals surface area contributed by atoms with Crippen molar-refractivity contribution in [1.82, 2.24) is 4.98 Å². The summed E-state index contributed by atoms with van der Waals surface area (Å²) in [4.78, 5) is 16.8. The van der Waals surface area contributed by atoms with E-state index in [1.165, 1.54) is 0 Å². The maximum Gasteiger partial charge on any atom is 0.205 e. The van der Waals surface area contributed by atoms with Crippen molar-refractivity contribution in [3.05, 3.63) is 65.9 Å². The fourth-order valence-corrected chi connectivity index (χ4v) is 7.35. The van der Waals surface area contributed by atoms with Crippen LogP contribution in [0, 0.1) is 30.6 Å². The molecule has 8 heteroatoms. The maximum atomic E-state index is 6.56. The molecule has 5 fully saturated rings. The summed E-state index contributed by atoms with van der Waals surface area (Å²) >= 11 is 0. The van der Waals surface area contributed by atoms with Crippen LogP contribution in [0.15, 0.2) is 59.7 Å². The van der Waals surface area contributed by atoms with E-state index >= 15 is 0 Å². The Hall–Kier alpha value is -3.04. The monoisotopic (exact) mass is 543 g/mol. The maximum absolute atomic E-state index is 6.56. The summed E-state index contributed by atoms with van der Waals surface area (Å²) in [7, 11) is 0. The Morgan fingerprint density at radius 3 is 2.70 bits per heavy atom. The first-order valence-corrected chi connectivity index (χ1v) is 14.5. The van der Waals surface area contributed by atoms with Gasteiger partial charge in [-0.2, -0.15) is 5.10 Å². The quantitative estimate of drug-likeness (QED) is 0.221. The van der Waals surface area contributed by atoms with E-state index in [4.69, 9.17) is 24.0 Å². The number of nitrogens with zero attached hydrogens (tertiary/aromatic N) is 2. The molecular formula is C32H37N3O5. The van der Waals surface area contributed by atoms with Crippen molar-refractivity contribution < 1.29 is 24.0 Å². The highest BCUT2D eigenvalue weighted by Crippen LogP contribution is 2.60. The smallest absolute Gasteiger partial charge is 0.205 e. The summed E-state index contributed by atoms with van der Waals surface area (Å²) in [6.45, 7) is 8.45. The summed E-state index contributed by atoms with van der Waals surface area (Å²) < 4.78 is 19.4. The SMILES string of the molecule is Cc1cc(N/N=C/c2ccc(O[C@H]3O[C@@H]4O[C@@]5(C)CC[C@H]6[C@H](C)CC[C@@H]([C@H]3C)[C@@]46OO5)cc2)c2ccccc2n1. The highest BCUT2D eigenvalue weighted by atomic mass is 17.3. The predicted octanol–water partition coefficient (Wildman–Crippen LogP) is 6.58. The number of aromatic nitrogens is 1. The van der Waals surface area contributed by atoms with Crippen LogP contribution in [-0.4, -0.2) is 35.2 Å². The lowest BCUT2D eigenvalue weighted by Gasteiger charge is -2.60. The van der Waals surface area contributed by atoms with Crippen LogP contribution >= 0.6 is 0 Å². The average molecular weight is 544 g/mol. The van der Waals surface area contributed by atoms with E-state index in [1.807, 2.05) is 68.4 Å². The molecule has 1 aromatic heterocycles. The number of pyridine rings is 1. The minimum atomic E-state index is -0.793. The Balaban J connectivity index is 1.06. The molecule has 1 aliphatic carbocycles. The second-order valence-electron chi connectivity index (χ2n) is 12.2. The van der Waals surface area contributed by atoms with Gasteiger partial charge in [-0.05, 0) is 86.9 Å². The first-order valence-electron chi connectivity index (χ1n) is 14.5. The van der Waals surface area contributed by atoms with Gasteiger partial charge in [0.05, 0.1) is 17.4 Å². The number of rotatable bonds is 5. The highest BCUT2D eigenvalue weighted by molar-refractivity contribution is 5.92. The standard InChI is InChI=1S/C32H37N3O5/c1-19-9-14-26-21(3)29(37-30-32(26)25(19)15-16-31(4,38-30)39-40-32)36-23-12-10-22(11-13-23)18-33-35-28-17-20(2)34-27-8-6-5-7-24(27)28/h5-8,10-13,17-19,21,25-26,29-30H,9,14-16H2,1-4H3,(H,34,35)/b33-18+/t19-,21-,25+,26+,29+,30-,31-,32-/m1/s1. The molecule has 4 aliphatic heterocycles. The molecule has 8 atom stereocenters. The molecule has 210 valence electrons. The highest BCUT2D eigenvalue weighted by Gasteiger charge is 2.69. The number of hydrogen-bond acceptors (Lipinski definition) is 8. The lowest BCUT2D eigenvalue weighted by molar-refractivity contribution is -0.575. The van der Waals surface area contributed by atoms with E-state index in [-0.39, 0.29) is 11.8 Å². The lowest BCUT2D eigenvalue weighted by atomic mass is 9.58. The molecule has 1 N–H and O–H groups in total. The lowest BCUT2D eigenvalue weighted by Crippen LogP contribution is -2.70. The van der Waals surface area contributed by atoms with Crippen LogP contribution in [0.3, 0.4) is 0 Å². The van der Waals surface area contributed by atoms with Crippen molar-refractivity contribution in [2.45, 2.75) is 77.3 Å². The fourth-order valence-electron chi connectivity index (χ4n) is 7.35. The Bertz CT molecular complexity index is 1430. The topological polar surface area (TPSA) is 83.4 Å². The van der Waals surface area contributed by atoms with Crippen molar-refractivity contribution in [2.24, 2.45) is 28.8 Å². The van der Waals surface area contributed by atoms with Crippen molar-refractivity contribution in [2.75, 3.05) is 5.43 Å². The molecule has 1 spiro atoms. The molecule has 5 heterocycles. The van der Waals surface area contributed by atoms with Gasteiger partial charge in [0.25, 0.3) is 0 Å². The van der Waals surface area contributed by atoms with Gasteiger partial charge in [-0.1, -0.05) is 32.0 Å². The minimum Gasteiger partial charge on any atom is -0.465 e. The zero-order valence-corrected chi connectivity index (χ0v) is 23.5. The Labute approximate surface area is 234 Å². The molecular weight excluding hydrogens is 506 g/mol. The molecule has 2 bridgehead atoms. The van der Waals surface area contributed by atoms with E-state index in [2.05, 4.69) is 29.4 Å². The first-order chi connectivity index (χ1) is 19.3. The van der Waals surface area contributed by atoms with Crippen LogP contribution in [0.4, 0.5) is 5.69 Å². The molecule has 0 unspecified atom stereocenters. The molecule has 1 saturated carbocycles. The average Bonchev–Trinajstić information content (AvgIpc) is 3.18. The fraction of sp³-hybridized carbons (Fsp3) is 0.500. The summed E-state index contributed by atoms with van der Waals surface area (Å²) in [6, 6.07) is 17.9. The van der Waals surface area contributed by atoms with E-state index < -0.39 is 24.0 Å². The van der Waals surface area contributed by atoms with Crippen LogP contribution in [-0.2, 0) is 19.2 Å². The van der Waals surface area contributed by atoms with Crippen LogP contribution in [0.1, 0.15) is 57.7 Å². The van der Waals surface area contributed by atoms with Gasteiger partial charge in [-0.25, -0.2) is 9.78 Å². The number of hydrogen-bond donors (Lipinski definition) is 1. The van der Waals surface area contributed by atoms with Crippen LogP contribution in [0.5, 0.6) is 5.75 Å². The number of ether oxygens (including phenoxy) is 3. The Morgan fingerprint density at radius 1 is 1.02 bits per heavy atom. The van der Waals surface area contributed by atoms with Crippen molar-refractivity contribution in [1.29, 1.82) is 0 Å². The van der Waals surface area contributed by atoms with Gasteiger partial charge in [0.15, 0.2) is 11.9 Å². The van der Waals surface area contributed by atoms with E-state index in [1.54, 1.807) is 6.21 Å². The zero-order valence-electron chi connectivity index (χ0n) is 23.5. The first kappa shape index (κ1) is 25.9. The summed E-state index contributed by atoms with van der Waals surface area (Å²) in [6.07, 6.45) is 4.86. The van der Waals surface area contributed by atoms with Gasteiger partial charge in [0, 0.05) is 29.3 Å². The number of para-hydroxylation sites is 1. The third-order valence-electron chi connectivity index (χ3n) is 9.47. The van der Waals surface area contributed by atoms with Gasteiger partial charge < -0.3 is 14.2 Å². The molecule has 4 saturated heterocycles. The molecule has 0 amide bonds. The third-order valence-corrected chi connectivity index (χ3v) is 9.47. The number of hydrazone groups is 1. The normalized spacial score (nSPS) is 36.8. The van der Waals surface area contributed by atoms with Gasteiger partial charge in [-0.15, -0.1) is 0 Å².